The van der Waals surface area contributed by atoms with Crippen molar-refractivity contribution < 1.29 is 23.8 Å². The van der Waals surface area contributed by atoms with Crippen molar-refractivity contribution in [2.75, 3.05) is 7.11 Å². The first kappa shape index (κ1) is 17.1. The number of carbonyl (C=O) groups excluding carboxylic acids is 1. The van der Waals surface area contributed by atoms with Gasteiger partial charge in [0.05, 0.1) is 12.4 Å². The first-order valence-corrected chi connectivity index (χ1v) is 8.75. The Morgan fingerprint density at radius 3 is 2.56 bits per heavy atom. The molecule has 0 radical (unpaired) electrons. The number of amides is 1. The van der Waals surface area contributed by atoms with Crippen LogP contribution in [0.15, 0.2) is 59.1 Å². The lowest BCUT2D eigenvalue weighted by atomic mass is 10.2. The molecule has 7 heteroatoms. The van der Waals surface area contributed by atoms with Crippen LogP contribution in [0.25, 0.3) is 5.69 Å². The summed E-state index contributed by atoms with van der Waals surface area (Å²) in [6.07, 6.45) is 1.85. The molecule has 7 nitrogen and oxygen atoms in total. The number of para-hydroxylation sites is 1. The molecule has 0 saturated heterocycles. The Labute approximate surface area is 156 Å². The number of methoxy groups -OCH3 is 1. The highest BCUT2D eigenvalue weighted by Gasteiger charge is 2.36. The minimum atomic E-state index is -0.535. The molecule has 0 atom stereocenters. The highest BCUT2D eigenvalue weighted by molar-refractivity contribution is 5.94. The van der Waals surface area contributed by atoms with E-state index in [1.807, 2.05) is 30.3 Å². The Morgan fingerprint density at radius 2 is 1.93 bits per heavy atom. The van der Waals surface area contributed by atoms with Gasteiger partial charge in [0.15, 0.2) is 5.95 Å². The van der Waals surface area contributed by atoms with E-state index in [1.54, 1.807) is 36.3 Å². The molecule has 138 valence electrons. The van der Waals surface area contributed by atoms with E-state index in [4.69, 9.17) is 9.26 Å². The van der Waals surface area contributed by atoms with Crippen molar-refractivity contribution in [2.24, 2.45) is 0 Å². The molecule has 1 aliphatic rings. The number of rotatable bonds is 6. The van der Waals surface area contributed by atoms with Gasteiger partial charge in [0.1, 0.15) is 12.3 Å². The van der Waals surface area contributed by atoms with Crippen LogP contribution in [0, 0.1) is 0 Å². The van der Waals surface area contributed by atoms with Crippen LogP contribution in [0.5, 0.6) is 11.7 Å². The largest absolute Gasteiger partial charge is 0.539 e. The molecule has 1 fully saturated rings. The number of ether oxygens (including phenoxy) is 1. The van der Waals surface area contributed by atoms with Crippen LogP contribution in [0.2, 0.25) is 0 Å². The third-order valence-electron chi connectivity index (χ3n) is 4.60. The monoisotopic (exact) mass is 365 g/mol. The molecular weight excluding hydrogens is 346 g/mol. The summed E-state index contributed by atoms with van der Waals surface area (Å²) >= 11 is 0. The van der Waals surface area contributed by atoms with Crippen LogP contribution in [-0.2, 0) is 6.54 Å². The van der Waals surface area contributed by atoms with Gasteiger partial charge >= 0.3 is 0 Å². The van der Waals surface area contributed by atoms with Crippen LogP contribution in [0.3, 0.4) is 0 Å². The fraction of sp³-hybridized carbons (Fsp3) is 0.250. The zero-order valence-corrected chi connectivity index (χ0v) is 14.9. The highest BCUT2D eigenvalue weighted by atomic mass is 16.6. The van der Waals surface area contributed by atoms with Crippen LogP contribution >= 0.6 is 0 Å². The third-order valence-corrected chi connectivity index (χ3v) is 4.60. The Balaban J connectivity index is 1.63. The Kier molecular flexibility index (Phi) is 4.50. The molecule has 0 aliphatic heterocycles. The van der Waals surface area contributed by atoms with Crippen LogP contribution in [-0.4, -0.2) is 29.2 Å². The second kappa shape index (κ2) is 7.11. The van der Waals surface area contributed by atoms with E-state index in [-0.39, 0.29) is 18.5 Å². The summed E-state index contributed by atoms with van der Waals surface area (Å²) in [5.74, 6) is 0.0275. The zero-order valence-electron chi connectivity index (χ0n) is 14.9. The lowest BCUT2D eigenvalue weighted by molar-refractivity contribution is -0.678. The molecule has 4 rings (SSSR count). The predicted octanol–water partition coefficient (Wildman–Crippen LogP) is 1.84. The Bertz CT molecular complexity index is 934. The maximum absolute atomic E-state index is 13.0. The SMILES string of the molecule is COc1ccc(C(=O)N(Cc2c([O-])on[n+]2-c2ccccc2)C2CC2)cc1. The van der Waals surface area contributed by atoms with Crippen molar-refractivity contribution >= 4 is 5.91 Å². The first-order valence-electron chi connectivity index (χ1n) is 8.75. The van der Waals surface area contributed by atoms with Gasteiger partial charge in [-0.05, 0) is 41.8 Å². The van der Waals surface area contributed by atoms with Crippen molar-refractivity contribution in [1.82, 2.24) is 10.2 Å². The molecule has 0 N–H and O–H groups in total. The molecule has 1 aliphatic carbocycles. The maximum atomic E-state index is 13.0. The molecule has 0 bridgehead atoms. The molecule has 27 heavy (non-hydrogen) atoms. The highest BCUT2D eigenvalue weighted by Crippen LogP contribution is 2.30. The van der Waals surface area contributed by atoms with Gasteiger partial charge in [-0.25, -0.2) is 0 Å². The van der Waals surface area contributed by atoms with Gasteiger partial charge in [0.25, 0.3) is 11.6 Å². The van der Waals surface area contributed by atoms with Gasteiger partial charge in [-0.15, -0.1) is 0 Å². The fourth-order valence-corrected chi connectivity index (χ4v) is 2.98. The molecule has 1 heterocycles. The normalized spacial score (nSPS) is 13.4. The number of carbonyl (C=O) groups is 1. The molecule has 1 aromatic heterocycles. The number of nitrogens with zero attached hydrogens (tertiary/aromatic N) is 3. The quantitative estimate of drug-likeness (QED) is 0.623. The van der Waals surface area contributed by atoms with Gasteiger partial charge in [-0.3, -0.25) is 4.79 Å². The minimum absolute atomic E-state index is 0.123. The maximum Gasteiger partial charge on any atom is 0.259 e. The van der Waals surface area contributed by atoms with Gasteiger partial charge in [0, 0.05) is 23.7 Å². The number of hydrogen-bond acceptors (Lipinski definition) is 5. The average molecular weight is 365 g/mol. The molecular formula is C20H19N3O4. The van der Waals surface area contributed by atoms with Crippen molar-refractivity contribution in [1.29, 1.82) is 0 Å². The minimum Gasteiger partial charge on any atom is -0.539 e. The summed E-state index contributed by atoms with van der Waals surface area (Å²) in [5.41, 5.74) is 1.60. The topological polar surface area (TPSA) is 82.5 Å². The molecule has 0 unspecified atom stereocenters. The smallest absolute Gasteiger partial charge is 0.259 e. The van der Waals surface area contributed by atoms with E-state index in [0.29, 0.717) is 22.7 Å². The number of hydrogen-bond donors (Lipinski definition) is 0. The molecule has 3 aromatic rings. The summed E-state index contributed by atoms with van der Waals surface area (Å²) in [6.45, 7) is 0.146. The van der Waals surface area contributed by atoms with E-state index in [2.05, 4.69) is 5.27 Å². The van der Waals surface area contributed by atoms with Gasteiger partial charge < -0.3 is 19.3 Å². The predicted molar refractivity (Wildman–Crippen MR) is 93.4 cm³/mol. The second-order valence-electron chi connectivity index (χ2n) is 6.45. The first-order chi connectivity index (χ1) is 13.2. The van der Waals surface area contributed by atoms with E-state index in [9.17, 15) is 9.90 Å². The standard InChI is InChI=1S/C20H19N3O4/c1-26-17-11-7-14(8-12-17)19(24)22(15-9-10-15)13-18-20(25)27-21-23(18)16-5-3-2-4-6-16/h2-8,11-12,15H,9-10,13H2,1H3. The van der Waals surface area contributed by atoms with E-state index < -0.39 is 5.95 Å². The summed E-state index contributed by atoms with van der Waals surface area (Å²) in [4.78, 5) is 14.8. The van der Waals surface area contributed by atoms with Crippen LogP contribution in [0.1, 0.15) is 28.9 Å². The van der Waals surface area contributed by atoms with Crippen molar-refractivity contribution in [3.8, 4) is 17.4 Å². The van der Waals surface area contributed by atoms with E-state index in [0.717, 1.165) is 12.8 Å². The number of benzene rings is 2. The third kappa shape index (κ3) is 3.48. The summed E-state index contributed by atoms with van der Waals surface area (Å²) in [6, 6.07) is 16.3. The molecule has 1 saturated carbocycles. The van der Waals surface area contributed by atoms with E-state index >= 15 is 0 Å². The van der Waals surface area contributed by atoms with Gasteiger partial charge in [-0.1, -0.05) is 18.2 Å². The van der Waals surface area contributed by atoms with Crippen molar-refractivity contribution in [2.45, 2.75) is 25.4 Å². The lowest BCUT2D eigenvalue weighted by Crippen LogP contribution is -2.42. The fourth-order valence-electron chi connectivity index (χ4n) is 2.98. The molecule has 0 spiro atoms. The molecule has 2 aromatic carbocycles. The summed E-state index contributed by atoms with van der Waals surface area (Å²) in [7, 11) is 1.58. The lowest BCUT2D eigenvalue weighted by Gasteiger charge is -2.21. The zero-order chi connectivity index (χ0) is 18.8. The summed E-state index contributed by atoms with van der Waals surface area (Å²) in [5, 5.41) is 16.1. The van der Waals surface area contributed by atoms with Gasteiger partial charge in [-0.2, -0.15) is 0 Å². The van der Waals surface area contributed by atoms with Crippen LogP contribution < -0.4 is 14.5 Å². The van der Waals surface area contributed by atoms with Crippen molar-refractivity contribution in [3.05, 3.63) is 65.9 Å². The second-order valence-corrected chi connectivity index (χ2v) is 6.45. The number of aromatic nitrogens is 2. The van der Waals surface area contributed by atoms with Gasteiger partial charge in [0.2, 0.25) is 5.69 Å². The van der Waals surface area contributed by atoms with E-state index in [1.165, 1.54) is 4.68 Å². The van der Waals surface area contributed by atoms with Crippen LogP contribution in [0.4, 0.5) is 0 Å². The Hall–Kier alpha value is -3.35. The summed E-state index contributed by atoms with van der Waals surface area (Å²) < 4.78 is 11.5. The molecule has 1 amide bonds. The van der Waals surface area contributed by atoms with Crippen molar-refractivity contribution in [3.63, 3.8) is 0 Å². The average Bonchev–Trinajstić information content (AvgIpc) is 3.49. The Morgan fingerprint density at radius 1 is 1.22 bits per heavy atom.